The smallest absolute Gasteiger partial charge is 0.273 e. The molecule has 8 heteroatoms. The van der Waals surface area contributed by atoms with E-state index >= 15 is 0 Å². The van der Waals surface area contributed by atoms with Crippen molar-refractivity contribution in [3.8, 4) is 5.69 Å². The van der Waals surface area contributed by atoms with E-state index in [1.54, 1.807) is 22.9 Å². The van der Waals surface area contributed by atoms with E-state index in [-0.39, 0.29) is 11.5 Å². The largest absolute Gasteiger partial charge is 0.283 e. The molecule has 1 fully saturated rings. The van der Waals surface area contributed by atoms with Crippen LogP contribution in [0.3, 0.4) is 0 Å². The van der Waals surface area contributed by atoms with Gasteiger partial charge in [-0.05, 0) is 30.5 Å². The number of rotatable bonds is 5. The molecule has 28 heavy (non-hydrogen) atoms. The molecule has 1 amide bonds. The molecule has 1 N–H and O–H groups in total. The maximum Gasteiger partial charge on any atom is 0.283 e. The highest BCUT2D eigenvalue weighted by Gasteiger charge is 2.16. The number of benzene rings is 1. The molecular weight excluding hydrogens is 378 g/mol. The average Bonchev–Trinajstić information content (AvgIpc) is 3.14. The lowest BCUT2D eigenvalue weighted by Gasteiger charge is -2.21. The summed E-state index contributed by atoms with van der Waals surface area (Å²) in [6.07, 6.45) is 10.3. The van der Waals surface area contributed by atoms with Crippen LogP contribution in [-0.2, 0) is 4.79 Å². The Balaban J connectivity index is 1.50. The molecule has 0 atom stereocenters. The summed E-state index contributed by atoms with van der Waals surface area (Å²) in [5.74, 6) is 0.448. The third-order valence-electron chi connectivity index (χ3n) is 5.29. The summed E-state index contributed by atoms with van der Waals surface area (Å²) < 4.78 is 2.69. The Labute approximate surface area is 167 Å². The minimum absolute atomic E-state index is 0.170. The Morgan fingerprint density at radius 1 is 1.25 bits per heavy atom. The van der Waals surface area contributed by atoms with Gasteiger partial charge in [-0.2, -0.15) is 5.10 Å². The van der Waals surface area contributed by atoms with Gasteiger partial charge in [0.2, 0.25) is 5.91 Å². The van der Waals surface area contributed by atoms with Gasteiger partial charge < -0.3 is 0 Å². The number of hydrogen-bond donors (Lipinski definition) is 1. The molecule has 146 valence electrons. The number of halogens is 1. The first-order chi connectivity index (χ1) is 13.6. The number of carbonyl (C=O) groups excluding carboxylic acids is 1. The van der Waals surface area contributed by atoms with Crippen LogP contribution in [0.2, 0.25) is 5.02 Å². The quantitative estimate of drug-likeness (QED) is 0.709. The fourth-order valence-electron chi connectivity index (χ4n) is 3.79. The first kappa shape index (κ1) is 18.7. The molecule has 1 aliphatic carbocycles. The van der Waals surface area contributed by atoms with Gasteiger partial charge in [-0.1, -0.05) is 49.8 Å². The molecule has 4 rings (SSSR count). The molecule has 0 unspecified atom stereocenters. The van der Waals surface area contributed by atoms with Gasteiger partial charge in [-0.25, -0.2) is 14.3 Å². The van der Waals surface area contributed by atoms with E-state index < -0.39 is 0 Å². The van der Waals surface area contributed by atoms with E-state index in [1.807, 2.05) is 6.07 Å². The highest BCUT2D eigenvalue weighted by molar-refractivity contribution is 6.30. The second kappa shape index (κ2) is 8.14. The monoisotopic (exact) mass is 399 g/mol. The zero-order chi connectivity index (χ0) is 19.5. The Morgan fingerprint density at radius 2 is 2.07 bits per heavy atom. The van der Waals surface area contributed by atoms with Crippen molar-refractivity contribution in [1.82, 2.24) is 19.4 Å². The highest BCUT2D eigenvalue weighted by atomic mass is 35.5. The first-order valence-electron chi connectivity index (χ1n) is 9.63. The second-order valence-corrected chi connectivity index (χ2v) is 7.71. The second-order valence-electron chi connectivity index (χ2n) is 7.27. The van der Waals surface area contributed by atoms with E-state index in [9.17, 15) is 9.59 Å². The molecule has 0 bridgehead atoms. The lowest BCUT2D eigenvalue weighted by Crippen LogP contribution is -2.33. The molecule has 0 spiro atoms. The van der Waals surface area contributed by atoms with Crippen molar-refractivity contribution >= 4 is 28.5 Å². The minimum atomic E-state index is -0.357. The van der Waals surface area contributed by atoms with E-state index in [4.69, 9.17) is 11.6 Å². The molecule has 1 aromatic carbocycles. The van der Waals surface area contributed by atoms with Gasteiger partial charge in [0.1, 0.15) is 11.7 Å². The van der Waals surface area contributed by atoms with Gasteiger partial charge in [0, 0.05) is 11.4 Å². The predicted octanol–water partition coefficient (Wildman–Crippen LogP) is 3.67. The van der Waals surface area contributed by atoms with Crippen LogP contribution in [0.4, 0.5) is 0 Å². The van der Waals surface area contributed by atoms with Crippen molar-refractivity contribution in [2.24, 2.45) is 5.92 Å². The number of amides is 1. The van der Waals surface area contributed by atoms with Crippen LogP contribution in [0.25, 0.3) is 16.7 Å². The zero-order valence-electron chi connectivity index (χ0n) is 15.5. The lowest BCUT2D eigenvalue weighted by molar-refractivity contribution is -0.117. The molecule has 1 saturated carbocycles. The number of hydrogen-bond acceptors (Lipinski definition) is 4. The van der Waals surface area contributed by atoms with Crippen molar-refractivity contribution in [2.75, 3.05) is 5.43 Å². The molecular formula is C20H22ClN5O2. The van der Waals surface area contributed by atoms with Crippen LogP contribution >= 0.6 is 11.6 Å². The maximum atomic E-state index is 12.7. The molecule has 1 aliphatic rings. The average molecular weight is 400 g/mol. The van der Waals surface area contributed by atoms with Crippen LogP contribution in [0.5, 0.6) is 0 Å². The third kappa shape index (κ3) is 3.94. The molecule has 0 saturated heterocycles. The van der Waals surface area contributed by atoms with Crippen molar-refractivity contribution < 1.29 is 4.79 Å². The summed E-state index contributed by atoms with van der Waals surface area (Å²) in [4.78, 5) is 29.3. The maximum absolute atomic E-state index is 12.7. The fraction of sp³-hybridized carbons (Fsp3) is 0.400. The minimum Gasteiger partial charge on any atom is -0.273 e. The number of nitrogens with one attached hydrogen (secondary N) is 1. The number of nitrogens with zero attached hydrogens (tertiary/aromatic N) is 4. The number of aromatic nitrogens is 4. The number of fused-ring (bicyclic) bond motifs is 1. The number of carbonyl (C=O) groups is 1. The van der Waals surface area contributed by atoms with Crippen LogP contribution < -0.4 is 11.0 Å². The van der Waals surface area contributed by atoms with E-state index in [0.29, 0.717) is 34.1 Å². The summed E-state index contributed by atoms with van der Waals surface area (Å²) in [5.41, 5.74) is 3.42. The summed E-state index contributed by atoms with van der Waals surface area (Å²) in [7, 11) is 0. The van der Waals surface area contributed by atoms with Gasteiger partial charge >= 0.3 is 0 Å². The van der Waals surface area contributed by atoms with Crippen molar-refractivity contribution in [2.45, 2.75) is 44.9 Å². The molecule has 0 radical (unpaired) electrons. The summed E-state index contributed by atoms with van der Waals surface area (Å²) in [5, 5.41) is 5.15. The normalized spacial score (nSPS) is 15.0. The Morgan fingerprint density at radius 3 is 2.86 bits per heavy atom. The summed E-state index contributed by atoms with van der Waals surface area (Å²) in [6.45, 7) is 0. The molecule has 7 nitrogen and oxygen atoms in total. The Kier molecular flexibility index (Phi) is 5.43. The Hall–Kier alpha value is -2.67. The van der Waals surface area contributed by atoms with E-state index in [2.05, 4.69) is 15.5 Å². The van der Waals surface area contributed by atoms with E-state index in [1.165, 1.54) is 44.6 Å². The van der Waals surface area contributed by atoms with Gasteiger partial charge in [0.25, 0.3) is 5.56 Å². The van der Waals surface area contributed by atoms with Crippen molar-refractivity contribution in [3.05, 3.63) is 52.2 Å². The molecule has 2 heterocycles. The Bertz CT molecular complexity index is 1050. The first-order valence-corrected chi connectivity index (χ1v) is 10.0. The molecule has 0 aliphatic heterocycles. The van der Waals surface area contributed by atoms with Gasteiger partial charge in [0.15, 0.2) is 5.65 Å². The van der Waals surface area contributed by atoms with Gasteiger partial charge in [-0.15, -0.1) is 0 Å². The molecule has 2 aromatic heterocycles. The van der Waals surface area contributed by atoms with Gasteiger partial charge in [0.05, 0.1) is 11.9 Å². The van der Waals surface area contributed by atoms with Crippen LogP contribution in [0.15, 0.2) is 41.6 Å². The van der Waals surface area contributed by atoms with E-state index in [0.717, 1.165) is 11.1 Å². The van der Waals surface area contributed by atoms with Crippen LogP contribution in [0, 0.1) is 5.92 Å². The SMILES string of the molecule is O=C(CCC1CCCCC1)Nn1cnc2c(cnn2-c2cccc(Cl)c2)c1=O. The van der Waals surface area contributed by atoms with Crippen molar-refractivity contribution in [3.63, 3.8) is 0 Å². The highest BCUT2D eigenvalue weighted by Crippen LogP contribution is 2.27. The third-order valence-corrected chi connectivity index (χ3v) is 5.53. The fourth-order valence-corrected chi connectivity index (χ4v) is 3.97. The zero-order valence-corrected chi connectivity index (χ0v) is 16.2. The van der Waals surface area contributed by atoms with Gasteiger partial charge in [-0.3, -0.25) is 15.0 Å². The topological polar surface area (TPSA) is 81.8 Å². The summed E-state index contributed by atoms with van der Waals surface area (Å²) in [6, 6.07) is 7.14. The van der Waals surface area contributed by atoms with Crippen LogP contribution in [-0.4, -0.2) is 25.3 Å². The molecule has 3 aromatic rings. The predicted molar refractivity (Wildman–Crippen MR) is 108 cm³/mol. The van der Waals surface area contributed by atoms with Crippen molar-refractivity contribution in [1.29, 1.82) is 0 Å². The standard InChI is InChI=1S/C20H22ClN5O2/c21-15-7-4-8-16(11-15)26-19-17(12-23-26)20(28)25(13-22-19)24-18(27)10-9-14-5-2-1-3-6-14/h4,7-8,11-14H,1-3,5-6,9-10H2,(H,24,27). The van der Waals surface area contributed by atoms with Crippen LogP contribution in [0.1, 0.15) is 44.9 Å². The summed E-state index contributed by atoms with van der Waals surface area (Å²) >= 11 is 6.04. The lowest BCUT2D eigenvalue weighted by atomic mass is 9.86.